The molecule has 6 nitrogen and oxygen atoms in total. The second-order valence-electron chi connectivity index (χ2n) is 8.39. The summed E-state index contributed by atoms with van der Waals surface area (Å²) in [5, 5.41) is 0. The Morgan fingerprint density at radius 2 is 1.63 bits per heavy atom. The van der Waals surface area contributed by atoms with Crippen LogP contribution in [0.3, 0.4) is 0 Å². The summed E-state index contributed by atoms with van der Waals surface area (Å²) in [6.45, 7) is 9.10. The van der Waals surface area contributed by atoms with E-state index in [0.29, 0.717) is 22.6 Å². The molecule has 0 fully saturated rings. The van der Waals surface area contributed by atoms with Gasteiger partial charge in [-0.15, -0.1) is 0 Å². The van der Waals surface area contributed by atoms with Crippen LogP contribution in [0.25, 0.3) is 10.2 Å². The Labute approximate surface area is 210 Å². The first-order valence-corrected chi connectivity index (χ1v) is 13.9. The Morgan fingerprint density at radius 3 is 2.26 bits per heavy atom. The number of aryl methyl sites for hydroxylation is 3. The highest BCUT2D eigenvalue weighted by atomic mass is 32.2. The number of sulfonamides is 1. The monoisotopic (exact) mass is 507 g/mol. The number of hydrogen-bond acceptors (Lipinski definition) is 4. The van der Waals surface area contributed by atoms with Crippen LogP contribution in [0.15, 0.2) is 76.6 Å². The van der Waals surface area contributed by atoms with Crippen LogP contribution in [-0.4, -0.2) is 25.4 Å². The molecule has 0 atom stereocenters. The van der Waals surface area contributed by atoms with Gasteiger partial charge >= 0.3 is 0 Å². The number of para-hydroxylation sites is 1. The summed E-state index contributed by atoms with van der Waals surface area (Å²) in [5.74, 6) is -0.394. The first-order chi connectivity index (χ1) is 16.8. The molecule has 0 spiro atoms. The van der Waals surface area contributed by atoms with Crippen LogP contribution >= 0.6 is 11.3 Å². The fraction of sp³-hybridized carbons (Fsp3) is 0.259. The predicted octanol–water partition coefficient (Wildman–Crippen LogP) is 5.69. The second kappa shape index (κ2) is 10.2. The van der Waals surface area contributed by atoms with Gasteiger partial charge in [0.1, 0.15) is 0 Å². The number of anilines is 1. The van der Waals surface area contributed by atoms with E-state index < -0.39 is 15.9 Å². The second-order valence-corrected chi connectivity index (χ2v) is 11.3. The number of benzene rings is 3. The normalized spacial score (nSPS) is 12.3. The summed E-state index contributed by atoms with van der Waals surface area (Å²) >= 11 is 1.49. The van der Waals surface area contributed by atoms with E-state index in [4.69, 9.17) is 0 Å². The Bertz CT molecular complexity index is 1530. The maximum absolute atomic E-state index is 13.2. The topological polar surface area (TPSA) is 71.7 Å². The number of aromatic nitrogens is 1. The van der Waals surface area contributed by atoms with Crippen molar-refractivity contribution in [2.24, 2.45) is 4.99 Å². The standard InChI is InChI=1S/C27H29N3O3S2/c1-5-16-29-24-17-19(3)20(4)18-25(24)34-27(29)28-26(31)21-12-14-23(15-13-21)35(32,33)30(6-2)22-10-8-7-9-11-22/h7-15,17-18H,5-6,16H2,1-4H3. The lowest BCUT2D eigenvalue weighted by atomic mass is 10.1. The zero-order valence-corrected chi connectivity index (χ0v) is 22.0. The summed E-state index contributed by atoms with van der Waals surface area (Å²) in [6, 6.07) is 19.3. The summed E-state index contributed by atoms with van der Waals surface area (Å²) in [7, 11) is -3.76. The highest BCUT2D eigenvalue weighted by Gasteiger charge is 2.23. The van der Waals surface area contributed by atoms with Crippen molar-refractivity contribution in [3.63, 3.8) is 0 Å². The Hall–Kier alpha value is -3.23. The van der Waals surface area contributed by atoms with Crippen molar-refractivity contribution in [3.8, 4) is 0 Å². The minimum Gasteiger partial charge on any atom is -0.316 e. The number of hydrogen-bond donors (Lipinski definition) is 0. The van der Waals surface area contributed by atoms with Gasteiger partial charge in [0, 0.05) is 18.7 Å². The molecule has 1 amide bonds. The van der Waals surface area contributed by atoms with E-state index in [9.17, 15) is 13.2 Å². The predicted molar refractivity (Wildman–Crippen MR) is 143 cm³/mol. The highest BCUT2D eigenvalue weighted by molar-refractivity contribution is 7.92. The Balaban J connectivity index is 1.68. The molecule has 182 valence electrons. The number of thiazole rings is 1. The van der Waals surface area contributed by atoms with Crippen LogP contribution < -0.4 is 9.11 Å². The fourth-order valence-corrected chi connectivity index (χ4v) is 6.59. The molecule has 0 unspecified atom stereocenters. The Kier molecular flexibility index (Phi) is 7.23. The van der Waals surface area contributed by atoms with Crippen molar-refractivity contribution in [2.45, 2.75) is 45.6 Å². The molecule has 0 bridgehead atoms. The summed E-state index contributed by atoms with van der Waals surface area (Å²) in [4.78, 5) is 18.2. The average molecular weight is 508 g/mol. The largest absolute Gasteiger partial charge is 0.316 e. The van der Waals surface area contributed by atoms with Gasteiger partial charge in [0.25, 0.3) is 15.9 Å². The maximum atomic E-state index is 13.2. The zero-order valence-electron chi connectivity index (χ0n) is 20.4. The van der Waals surface area contributed by atoms with E-state index in [2.05, 4.69) is 42.5 Å². The number of carbonyl (C=O) groups is 1. The van der Waals surface area contributed by atoms with Crippen LogP contribution in [0.5, 0.6) is 0 Å². The van der Waals surface area contributed by atoms with Crippen molar-refractivity contribution in [2.75, 3.05) is 10.8 Å². The van der Waals surface area contributed by atoms with Gasteiger partial charge in [0.15, 0.2) is 4.80 Å². The van der Waals surface area contributed by atoms with E-state index in [0.717, 1.165) is 23.2 Å². The van der Waals surface area contributed by atoms with Crippen molar-refractivity contribution < 1.29 is 13.2 Å². The quantitative estimate of drug-likeness (QED) is 0.323. The molecule has 8 heteroatoms. The SMILES string of the molecule is CCCn1c(=NC(=O)c2ccc(S(=O)(=O)N(CC)c3ccccc3)cc2)sc2cc(C)c(C)cc21. The molecule has 0 radical (unpaired) electrons. The summed E-state index contributed by atoms with van der Waals surface area (Å²) in [6.07, 6.45) is 0.919. The van der Waals surface area contributed by atoms with E-state index in [1.54, 1.807) is 31.2 Å². The smallest absolute Gasteiger partial charge is 0.279 e. The van der Waals surface area contributed by atoms with Crippen LogP contribution in [0.4, 0.5) is 5.69 Å². The molecule has 35 heavy (non-hydrogen) atoms. The molecule has 4 rings (SSSR count). The maximum Gasteiger partial charge on any atom is 0.279 e. The van der Waals surface area contributed by atoms with Crippen molar-refractivity contribution in [3.05, 3.63) is 88.2 Å². The molecule has 0 saturated heterocycles. The summed E-state index contributed by atoms with van der Waals surface area (Å²) in [5.41, 5.74) is 4.43. The molecule has 0 aliphatic carbocycles. The minimum atomic E-state index is -3.76. The molecule has 1 heterocycles. The van der Waals surface area contributed by atoms with Crippen LogP contribution in [0.1, 0.15) is 41.8 Å². The van der Waals surface area contributed by atoms with Crippen molar-refractivity contribution >= 4 is 43.2 Å². The molecular formula is C27H29N3O3S2. The van der Waals surface area contributed by atoms with Crippen LogP contribution in [-0.2, 0) is 16.6 Å². The molecule has 0 saturated carbocycles. The number of rotatable bonds is 7. The van der Waals surface area contributed by atoms with Crippen LogP contribution in [0.2, 0.25) is 0 Å². The van der Waals surface area contributed by atoms with Gasteiger partial charge in [-0.2, -0.15) is 4.99 Å². The van der Waals surface area contributed by atoms with E-state index in [-0.39, 0.29) is 4.90 Å². The molecule has 0 aliphatic rings. The first kappa shape index (κ1) is 24.9. The van der Waals surface area contributed by atoms with E-state index >= 15 is 0 Å². The molecule has 4 aromatic rings. The van der Waals surface area contributed by atoms with Crippen molar-refractivity contribution in [1.29, 1.82) is 0 Å². The molecule has 0 N–H and O–H groups in total. The third-order valence-corrected chi connectivity index (χ3v) is 8.92. The third kappa shape index (κ3) is 4.94. The summed E-state index contributed by atoms with van der Waals surface area (Å²) < 4.78 is 31.0. The molecule has 1 aromatic heterocycles. The fourth-order valence-electron chi connectivity index (χ4n) is 3.98. The Morgan fingerprint density at radius 1 is 0.971 bits per heavy atom. The number of carbonyl (C=O) groups excluding carboxylic acids is 1. The van der Waals surface area contributed by atoms with Gasteiger partial charge in [-0.3, -0.25) is 9.10 Å². The van der Waals surface area contributed by atoms with Gasteiger partial charge in [-0.05, 0) is 86.8 Å². The van der Waals surface area contributed by atoms with Crippen LogP contribution in [0, 0.1) is 13.8 Å². The number of amides is 1. The van der Waals surface area contributed by atoms with Gasteiger partial charge < -0.3 is 4.57 Å². The average Bonchev–Trinajstić information content (AvgIpc) is 3.16. The van der Waals surface area contributed by atoms with E-state index in [1.807, 2.05) is 6.07 Å². The molecule has 0 aliphatic heterocycles. The van der Waals surface area contributed by atoms with E-state index in [1.165, 1.54) is 51.0 Å². The lowest BCUT2D eigenvalue weighted by Crippen LogP contribution is -2.30. The first-order valence-electron chi connectivity index (χ1n) is 11.6. The van der Waals surface area contributed by atoms with Gasteiger partial charge in [-0.25, -0.2) is 8.42 Å². The minimum absolute atomic E-state index is 0.133. The number of fused-ring (bicyclic) bond motifs is 1. The van der Waals surface area contributed by atoms with Gasteiger partial charge in [0.2, 0.25) is 0 Å². The third-order valence-electron chi connectivity index (χ3n) is 5.96. The molecule has 3 aromatic carbocycles. The zero-order chi connectivity index (χ0) is 25.2. The lowest BCUT2D eigenvalue weighted by molar-refractivity contribution is 0.0997. The highest BCUT2D eigenvalue weighted by Crippen LogP contribution is 2.24. The van der Waals surface area contributed by atoms with Gasteiger partial charge in [-0.1, -0.05) is 36.5 Å². The van der Waals surface area contributed by atoms with Gasteiger partial charge in [0.05, 0.1) is 20.8 Å². The van der Waals surface area contributed by atoms with Crippen molar-refractivity contribution in [1.82, 2.24) is 4.57 Å². The number of nitrogens with zero attached hydrogens (tertiary/aromatic N) is 3. The lowest BCUT2D eigenvalue weighted by Gasteiger charge is -2.22. The molecular weight excluding hydrogens is 478 g/mol.